The molecule has 1 aromatic carbocycles. The van der Waals surface area contributed by atoms with Crippen LogP contribution in [-0.2, 0) is 20.5 Å². The molecule has 4 fully saturated rings. The summed E-state index contributed by atoms with van der Waals surface area (Å²) in [6.45, 7) is 1.05. The van der Waals surface area contributed by atoms with Crippen molar-refractivity contribution in [3.8, 4) is 5.75 Å². The first kappa shape index (κ1) is 22.0. The van der Waals surface area contributed by atoms with E-state index in [1.807, 2.05) is 6.92 Å². The lowest BCUT2D eigenvalue weighted by atomic mass is 9.48. The molecule has 4 saturated carbocycles. The molecular formula is C23H28F3NO4. The van der Waals surface area contributed by atoms with E-state index in [4.69, 9.17) is 9.47 Å². The number of rotatable bonds is 7. The Hall–Kier alpha value is -2.25. The van der Waals surface area contributed by atoms with E-state index in [0.29, 0.717) is 0 Å². The molecule has 1 atom stereocenters. The normalized spacial score (nSPS) is 30.0. The van der Waals surface area contributed by atoms with Gasteiger partial charge in [0.25, 0.3) is 5.91 Å². The summed E-state index contributed by atoms with van der Waals surface area (Å²) < 4.78 is 48.2. The predicted octanol–water partition coefficient (Wildman–Crippen LogP) is 4.35. The van der Waals surface area contributed by atoms with Gasteiger partial charge in [0, 0.05) is 6.04 Å². The van der Waals surface area contributed by atoms with Crippen LogP contribution in [0.4, 0.5) is 13.2 Å². The predicted molar refractivity (Wildman–Crippen MR) is 106 cm³/mol. The van der Waals surface area contributed by atoms with Gasteiger partial charge in [0.2, 0.25) is 0 Å². The maximum absolute atomic E-state index is 12.7. The lowest BCUT2D eigenvalue weighted by Crippen LogP contribution is -2.56. The minimum Gasteiger partial charge on any atom is -0.482 e. The molecule has 1 aromatic rings. The number of carbonyl (C=O) groups is 2. The Balaban J connectivity index is 1.22. The number of ether oxygens (including phenoxy) is 2. The highest BCUT2D eigenvalue weighted by molar-refractivity contribution is 5.81. The summed E-state index contributed by atoms with van der Waals surface area (Å²) in [4.78, 5) is 24.2. The second-order valence-electron chi connectivity index (χ2n) is 9.54. The van der Waals surface area contributed by atoms with Gasteiger partial charge in [-0.05, 0) is 86.8 Å². The van der Waals surface area contributed by atoms with Crippen LogP contribution in [0.15, 0.2) is 24.3 Å². The third-order valence-electron chi connectivity index (χ3n) is 7.26. The molecule has 0 saturated heterocycles. The van der Waals surface area contributed by atoms with Crippen molar-refractivity contribution in [3.05, 3.63) is 29.8 Å². The van der Waals surface area contributed by atoms with Crippen molar-refractivity contribution in [3.63, 3.8) is 0 Å². The van der Waals surface area contributed by atoms with Crippen molar-refractivity contribution < 1.29 is 32.2 Å². The zero-order valence-corrected chi connectivity index (χ0v) is 17.5. The van der Waals surface area contributed by atoms with Gasteiger partial charge in [0.15, 0.2) is 13.2 Å². The smallest absolute Gasteiger partial charge is 0.416 e. The fraction of sp³-hybridized carbons (Fsp3) is 0.652. The molecule has 8 heteroatoms. The second kappa shape index (κ2) is 8.36. The highest BCUT2D eigenvalue weighted by Crippen LogP contribution is 2.61. The average Bonchev–Trinajstić information content (AvgIpc) is 2.69. The number of hydrogen-bond donors (Lipinski definition) is 1. The summed E-state index contributed by atoms with van der Waals surface area (Å²) in [5.74, 6) is 1.06. The van der Waals surface area contributed by atoms with E-state index in [9.17, 15) is 22.8 Å². The number of carbonyl (C=O) groups excluding carboxylic acids is 2. The molecule has 0 heterocycles. The highest BCUT2D eigenvalue weighted by atomic mass is 19.4. The lowest BCUT2D eigenvalue weighted by Gasteiger charge is -2.59. The molecule has 0 unspecified atom stereocenters. The third kappa shape index (κ3) is 4.99. The first-order valence-corrected chi connectivity index (χ1v) is 10.9. The Bertz CT molecular complexity index is 803. The molecule has 0 radical (unpaired) electrons. The maximum Gasteiger partial charge on any atom is 0.416 e. The molecule has 1 N–H and O–H groups in total. The number of esters is 1. The largest absolute Gasteiger partial charge is 0.482 e. The van der Waals surface area contributed by atoms with Crippen molar-refractivity contribution in [2.75, 3.05) is 13.2 Å². The van der Waals surface area contributed by atoms with Gasteiger partial charge in [-0.25, -0.2) is 4.79 Å². The SMILES string of the molecule is C[C@@H](NC(=O)COC(=O)COc1cccc(C(F)(F)F)c1)C12CC3CC(CC(C3)C1)C2. The van der Waals surface area contributed by atoms with Gasteiger partial charge in [-0.1, -0.05) is 6.07 Å². The molecule has 0 aliphatic heterocycles. The first-order valence-electron chi connectivity index (χ1n) is 10.9. The molecule has 4 aliphatic carbocycles. The van der Waals surface area contributed by atoms with E-state index in [1.165, 1.54) is 31.4 Å². The van der Waals surface area contributed by atoms with Crippen LogP contribution in [0.2, 0.25) is 0 Å². The van der Waals surface area contributed by atoms with Crippen molar-refractivity contribution in [2.24, 2.45) is 23.2 Å². The average molecular weight is 439 g/mol. The van der Waals surface area contributed by atoms with E-state index in [2.05, 4.69) is 5.32 Å². The first-order chi connectivity index (χ1) is 14.6. The minimum absolute atomic E-state index is 0.0217. The molecule has 0 aromatic heterocycles. The Morgan fingerprint density at radius 1 is 1.10 bits per heavy atom. The van der Waals surface area contributed by atoms with Gasteiger partial charge < -0.3 is 14.8 Å². The van der Waals surface area contributed by atoms with Crippen LogP contribution in [-0.4, -0.2) is 31.1 Å². The molecule has 4 bridgehead atoms. The monoisotopic (exact) mass is 439 g/mol. The third-order valence-corrected chi connectivity index (χ3v) is 7.26. The Morgan fingerprint density at radius 2 is 1.71 bits per heavy atom. The summed E-state index contributed by atoms with van der Waals surface area (Å²) in [5, 5.41) is 3.01. The summed E-state index contributed by atoms with van der Waals surface area (Å²) >= 11 is 0. The second-order valence-corrected chi connectivity index (χ2v) is 9.54. The summed E-state index contributed by atoms with van der Waals surface area (Å²) in [7, 11) is 0. The van der Waals surface area contributed by atoms with Crippen LogP contribution in [0.1, 0.15) is 51.0 Å². The Labute approximate surface area is 179 Å². The number of hydrogen-bond acceptors (Lipinski definition) is 4. The van der Waals surface area contributed by atoms with E-state index in [0.717, 1.165) is 49.1 Å². The maximum atomic E-state index is 12.7. The van der Waals surface area contributed by atoms with Gasteiger partial charge in [-0.3, -0.25) is 4.79 Å². The molecule has 170 valence electrons. The number of halogens is 3. The molecule has 5 nitrogen and oxygen atoms in total. The van der Waals surface area contributed by atoms with Crippen LogP contribution < -0.4 is 10.1 Å². The van der Waals surface area contributed by atoms with E-state index in [-0.39, 0.29) is 23.1 Å². The molecule has 31 heavy (non-hydrogen) atoms. The van der Waals surface area contributed by atoms with Crippen molar-refractivity contribution in [2.45, 2.75) is 57.7 Å². The fourth-order valence-electron chi connectivity index (χ4n) is 6.24. The summed E-state index contributed by atoms with van der Waals surface area (Å²) in [6.07, 6.45) is 2.95. The Kier molecular flexibility index (Phi) is 5.92. The van der Waals surface area contributed by atoms with Crippen molar-refractivity contribution >= 4 is 11.9 Å². The van der Waals surface area contributed by atoms with Crippen LogP contribution in [0.5, 0.6) is 5.75 Å². The van der Waals surface area contributed by atoms with E-state index >= 15 is 0 Å². The van der Waals surface area contributed by atoms with Gasteiger partial charge in [0.1, 0.15) is 5.75 Å². The van der Waals surface area contributed by atoms with Gasteiger partial charge in [0.05, 0.1) is 5.56 Å². The Morgan fingerprint density at radius 3 is 2.29 bits per heavy atom. The number of benzene rings is 1. The zero-order valence-electron chi connectivity index (χ0n) is 17.5. The van der Waals surface area contributed by atoms with E-state index < -0.39 is 30.9 Å². The van der Waals surface area contributed by atoms with Crippen LogP contribution in [0, 0.1) is 23.2 Å². The summed E-state index contributed by atoms with van der Waals surface area (Å²) in [5.41, 5.74) is -0.711. The quantitative estimate of drug-likeness (QED) is 0.642. The number of amides is 1. The summed E-state index contributed by atoms with van der Waals surface area (Å²) in [6, 6.07) is 4.27. The standard InChI is InChI=1S/C23H28F3NO4/c1-14(22-9-15-5-16(10-22)7-17(6-15)11-22)27-20(28)12-31-21(29)13-30-19-4-2-3-18(8-19)23(24,25)26/h2-4,8,14-17H,5-7,9-13H2,1H3,(H,27,28)/t14-,15?,16?,17?,22?/m1/s1. The molecule has 0 spiro atoms. The molecule has 4 aliphatic rings. The lowest BCUT2D eigenvalue weighted by molar-refractivity contribution is -0.151. The topological polar surface area (TPSA) is 64.6 Å². The van der Waals surface area contributed by atoms with Gasteiger partial charge >= 0.3 is 12.1 Å². The minimum atomic E-state index is -4.49. The molecule has 1 amide bonds. The van der Waals surface area contributed by atoms with E-state index in [1.54, 1.807) is 0 Å². The van der Waals surface area contributed by atoms with Gasteiger partial charge in [-0.2, -0.15) is 13.2 Å². The molecular weight excluding hydrogens is 411 g/mol. The van der Waals surface area contributed by atoms with Crippen LogP contribution in [0.3, 0.4) is 0 Å². The molecule has 5 rings (SSSR count). The van der Waals surface area contributed by atoms with Crippen molar-refractivity contribution in [1.82, 2.24) is 5.32 Å². The van der Waals surface area contributed by atoms with Crippen LogP contribution >= 0.6 is 0 Å². The highest BCUT2D eigenvalue weighted by Gasteiger charge is 2.53. The number of nitrogens with one attached hydrogen (secondary N) is 1. The fourth-order valence-corrected chi connectivity index (χ4v) is 6.24. The van der Waals surface area contributed by atoms with Crippen molar-refractivity contribution in [1.29, 1.82) is 0 Å². The zero-order chi connectivity index (χ0) is 22.2. The van der Waals surface area contributed by atoms with Gasteiger partial charge in [-0.15, -0.1) is 0 Å². The number of alkyl halides is 3. The van der Waals surface area contributed by atoms with Crippen LogP contribution in [0.25, 0.3) is 0 Å².